The molecule has 0 atom stereocenters. The van der Waals surface area contributed by atoms with E-state index >= 15 is 0 Å². The summed E-state index contributed by atoms with van der Waals surface area (Å²) in [4.78, 5) is 13.0. The van der Waals surface area contributed by atoms with Crippen molar-refractivity contribution in [2.75, 3.05) is 5.32 Å². The van der Waals surface area contributed by atoms with Gasteiger partial charge in [-0.15, -0.1) is 11.3 Å². The van der Waals surface area contributed by atoms with Crippen molar-refractivity contribution in [2.24, 2.45) is 7.05 Å². The SMILES string of the molecule is Cc1nn(C)cc1-c1ccnc(NCc2nccs2)n1. The summed E-state index contributed by atoms with van der Waals surface area (Å²) in [6, 6.07) is 1.89. The lowest BCUT2D eigenvalue weighted by Crippen LogP contribution is -2.03. The van der Waals surface area contributed by atoms with E-state index in [9.17, 15) is 0 Å². The molecule has 7 heteroatoms. The minimum atomic E-state index is 0.598. The van der Waals surface area contributed by atoms with Crippen LogP contribution in [0.4, 0.5) is 5.95 Å². The van der Waals surface area contributed by atoms with Gasteiger partial charge >= 0.3 is 0 Å². The van der Waals surface area contributed by atoms with Gasteiger partial charge in [-0.3, -0.25) is 4.68 Å². The van der Waals surface area contributed by atoms with Crippen LogP contribution in [0.2, 0.25) is 0 Å². The lowest BCUT2D eigenvalue weighted by molar-refractivity contribution is 0.756. The first-order valence-electron chi connectivity index (χ1n) is 6.18. The number of nitrogens with zero attached hydrogens (tertiary/aromatic N) is 5. The number of thiazole rings is 1. The quantitative estimate of drug-likeness (QED) is 0.796. The predicted molar refractivity (Wildman–Crippen MR) is 78.4 cm³/mol. The maximum absolute atomic E-state index is 4.52. The van der Waals surface area contributed by atoms with Gasteiger partial charge in [0, 0.05) is 36.6 Å². The number of hydrogen-bond donors (Lipinski definition) is 1. The summed E-state index contributed by atoms with van der Waals surface area (Å²) in [5.41, 5.74) is 2.84. The molecule has 0 aliphatic rings. The third-order valence-corrected chi connectivity index (χ3v) is 3.61. The Morgan fingerprint density at radius 1 is 1.30 bits per heavy atom. The van der Waals surface area contributed by atoms with Crippen molar-refractivity contribution in [3.05, 3.63) is 40.7 Å². The van der Waals surface area contributed by atoms with Crippen LogP contribution in [-0.2, 0) is 13.6 Å². The van der Waals surface area contributed by atoms with Crippen molar-refractivity contribution in [1.82, 2.24) is 24.7 Å². The van der Waals surface area contributed by atoms with Gasteiger partial charge in [0.1, 0.15) is 5.01 Å². The molecule has 0 aromatic carbocycles. The van der Waals surface area contributed by atoms with Gasteiger partial charge in [0.25, 0.3) is 0 Å². The minimum absolute atomic E-state index is 0.598. The standard InChI is InChI=1S/C13H14N6S/c1-9-10(8-19(2)18-9)11-3-4-15-13(17-11)16-7-12-14-5-6-20-12/h3-6,8H,7H2,1-2H3,(H,15,16,17). The smallest absolute Gasteiger partial charge is 0.223 e. The Labute approximate surface area is 120 Å². The molecule has 3 rings (SSSR count). The maximum atomic E-state index is 4.52. The molecule has 20 heavy (non-hydrogen) atoms. The van der Waals surface area contributed by atoms with Gasteiger partial charge in [0.05, 0.1) is 17.9 Å². The Kier molecular flexibility index (Phi) is 3.42. The maximum Gasteiger partial charge on any atom is 0.223 e. The molecule has 0 aliphatic heterocycles. The number of rotatable bonds is 4. The Morgan fingerprint density at radius 2 is 2.20 bits per heavy atom. The van der Waals surface area contributed by atoms with Gasteiger partial charge in [-0.25, -0.2) is 15.0 Å². The molecule has 1 N–H and O–H groups in total. The second-order valence-corrected chi connectivity index (χ2v) is 5.33. The van der Waals surface area contributed by atoms with Crippen molar-refractivity contribution in [3.8, 4) is 11.3 Å². The third-order valence-electron chi connectivity index (χ3n) is 2.83. The molecule has 6 nitrogen and oxygen atoms in total. The lowest BCUT2D eigenvalue weighted by Gasteiger charge is -2.04. The number of hydrogen-bond acceptors (Lipinski definition) is 6. The second-order valence-electron chi connectivity index (χ2n) is 4.35. The molecular formula is C13H14N6S. The highest BCUT2D eigenvalue weighted by molar-refractivity contribution is 7.09. The van der Waals surface area contributed by atoms with E-state index in [4.69, 9.17) is 0 Å². The van der Waals surface area contributed by atoms with Crippen molar-refractivity contribution < 1.29 is 0 Å². The Bertz CT molecular complexity index is 703. The summed E-state index contributed by atoms with van der Waals surface area (Å²) in [7, 11) is 1.90. The molecule has 0 unspecified atom stereocenters. The molecule has 0 saturated carbocycles. The van der Waals surface area contributed by atoms with Crippen LogP contribution in [0.3, 0.4) is 0 Å². The van der Waals surface area contributed by atoms with E-state index in [0.29, 0.717) is 12.5 Å². The Morgan fingerprint density at radius 3 is 2.90 bits per heavy atom. The van der Waals surface area contributed by atoms with E-state index in [1.54, 1.807) is 28.4 Å². The van der Waals surface area contributed by atoms with Gasteiger partial charge in [-0.2, -0.15) is 5.10 Å². The fourth-order valence-electron chi connectivity index (χ4n) is 1.94. The van der Waals surface area contributed by atoms with E-state index < -0.39 is 0 Å². The van der Waals surface area contributed by atoms with Crippen LogP contribution in [0.15, 0.2) is 30.0 Å². The molecule has 3 aromatic rings. The van der Waals surface area contributed by atoms with Gasteiger partial charge in [-0.1, -0.05) is 0 Å². The first-order valence-corrected chi connectivity index (χ1v) is 7.06. The lowest BCUT2D eigenvalue weighted by atomic mass is 10.2. The normalized spacial score (nSPS) is 10.7. The molecule has 3 aromatic heterocycles. The van der Waals surface area contributed by atoms with Crippen LogP contribution in [0.5, 0.6) is 0 Å². The van der Waals surface area contributed by atoms with E-state index in [1.165, 1.54) is 0 Å². The van der Waals surface area contributed by atoms with Crippen molar-refractivity contribution >= 4 is 17.3 Å². The molecule has 0 saturated heterocycles. The van der Waals surface area contributed by atoms with Crippen molar-refractivity contribution in [1.29, 1.82) is 0 Å². The first-order chi connectivity index (χ1) is 9.72. The molecule has 0 spiro atoms. The number of aryl methyl sites for hydroxylation is 2. The van der Waals surface area contributed by atoms with Gasteiger partial charge < -0.3 is 5.32 Å². The van der Waals surface area contributed by atoms with Gasteiger partial charge in [-0.05, 0) is 13.0 Å². The van der Waals surface area contributed by atoms with Crippen LogP contribution in [-0.4, -0.2) is 24.7 Å². The third kappa shape index (κ3) is 2.67. The van der Waals surface area contributed by atoms with Crippen molar-refractivity contribution in [2.45, 2.75) is 13.5 Å². The number of nitrogens with one attached hydrogen (secondary N) is 1. The Balaban J connectivity index is 1.80. The van der Waals surface area contributed by atoms with E-state index in [0.717, 1.165) is 22.0 Å². The molecule has 0 aliphatic carbocycles. The highest BCUT2D eigenvalue weighted by Gasteiger charge is 2.08. The summed E-state index contributed by atoms with van der Waals surface area (Å²) in [6.45, 7) is 2.60. The number of aromatic nitrogens is 5. The van der Waals surface area contributed by atoms with Crippen molar-refractivity contribution in [3.63, 3.8) is 0 Å². The summed E-state index contributed by atoms with van der Waals surface area (Å²) < 4.78 is 1.79. The summed E-state index contributed by atoms with van der Waals surface area (Å²) in [6.07, 6.45) is 5.50. The van der Waals surface area contributed by atoms with Gasteiger partial charge in [0.2, 0.25) is 5.95 Å². The zero-order valence-corrected chi connectivity index (χ0v) is 12.1. The molecule has 0 bridgehead atoms. The zero-order chi connectivity index (χ0) is 13.9. The molecule has 0 fully saturated rings. The summed E-state index contributed by atoms with van der Waals surface area (Å²) >= 11 is 1.61. The second kappa shape index (κ2) is 5.38. The van der Waals surface area contributed by atoms with Crippen LogP contribution in [0.25, 0.3) is 11.3 Å². The first kappa shape index (κ1) is 12.7. The monoisotopic (exact) mass is 286 g/mol. The topological polar surface area (TPSA) is 68.5 Å². The summed E-state index contributed by atoms with van der Waals surface area (Å²) in [5, 5.41) is 10.5. The van der Waals surface area contributed by atoms with Crippen LogP contribution < -0.4 is 5.32 Å². The highest BCUT2D eigenvalue weighted by Crippen LogP contribution is 2.20. The number of anilines is 1. The average Bonchev–Trinajstić information content (AvgIpc) is 3.06. The summed E-state index contributed by atoms with van der Waals surface area (Å²) in [5.74, 6) is 0.598. The molecular weight excluding hydrogens is 272 g/mol. The van der Waals surface area contributed by atoms with E-state index in [-0.39, 0.29) is 0 Å². The van der Waals surface area contributed by atoms with Crippen LogP contribution in [0, 0.1) is 6.92 Å². The molecule has 0 amide bonds. The van der Waals surface area contributed by atoms with Crippen LogP contribution in [0.1, 0.15) is 10.7 Å². The average molecular weight is 286 g/mol. The molecule has 0 radical (unpaired) electrons. The van der Waals surface area contributed by atoms with Crippen LogP contribution >= 0.6 is 11.3 Å². The minimum Gasteiger partial charge on any atom is -0.348 e. The van der Waals surface area contributed by atoms with E-state index in [1.807, 2.05) is 31.6 Å². The fraction of sp³-hybridized carbons (Fsp3) is 0.231. The van der Waals surface area contributed by atoms with Gasteiger partial charge in [0.15, 0.2) is 0 Å². The Hall–Kier alpha value is -2.28. The molecule has 102 valence electrons. The zero-order valence-electron chi connectivity index (χ0n) is 11.2. The largest absolute Gasteiger partial charge is 0.348 e. The fourth-order valence-corrected chi connectivity index (χ4v) is 2.50. The molecule has 3 heterocycles. The highest BCUT2D eigenvalue weighted by atomic mass is 32.1. The predicted octanol–water partition coefficient (Wildman–Crippen LogP) is 2.25. The van der Waals surface area contributed by atoms with E-state index in [2.05, 4.69) is 25.4 Å².